The molecule has 0 aliphatic rings. The third kappa shape index (κ3) is 4.72. The van der Waals surface area contributed by atoms with Gasteiger partial charge in [0, 0.05) is 29.2 Å². The number of pyridine rings is 1. The average Bonchev–Trinajstić information content (AvgIpc) is 2.58. The lowest BCUT2D eigenvalue weighted by Gasteiger charge is -2.14. The molecule has 0 saturated carbocycles. The van der Waals surface area contributed by atoms with Gasteiger partial charge in [0.15, 0.2) is 0 Å². The van der Waals surface area contributed by atoms with Crippen LogP contribution in [0.3, 0.4) is 0 Å². The molecular formula is C17H20N4O4. The Bertz CT molecular complexity index is 817. The average molecular weight is 344 g/mol. The van der Waals surface area contributed by atoms with Crippen molar-refractivity contribution in [2.24, 2.45) is 0 Å². The smallest absolute Gasteiger partial charge is 0.326 e. The number of amides is 1. The van der Waals surface area contributed by atoms with Crippen molar-refractivity contribution >= 4 is 11.9 Å². The van der Waals surface area contributed by atoms with Crippen molar-refractivity contribution in [3.8, 4) is 11.4 Å². The van der Waals surface area contributed by atoms with E-state index in [2.05, 4.69) is 20.3 Å². The Balaban J connectivity index is 2.19. The van der Waals surface area contributed by atoms with E-state index in [1.165, 1.54) is 0 Å². The molecule has 2 aromatic rings. The summed E-state index contributed by atoms with van der Waals surface area (Å²) in [5.41, 5.74) is 0.863. The van der Waals surface area contributed by atoms with E-state index in [9.17, 15) is 14.4 Å². The predicted octanol–water partition coefficient (Wildman–Crippen LogP) is 1.05. The van der Waals surface area contributed by atoms with E-state index in [0.717, 1.165) is 0 Å². The van der Waals surface area contributed by atoms with Crippen LogP contribution < -0.4 is 10.9 Å². The maximum atomic E-state index is 12.3. The monoisotopic (exact) mass is 344 g/mol. The zero-order chi connectivity index (χ0) is 18.4. The van der Waals surface area contributed by atoms with Crippen molar-refractivity contribution in [1.29, 1.82) is 0 Å². The van der Waals surface area contributed by atoms with Crippen molar-refractivity contribution in [3.05, 3.63) is 46.1 Å². The van der Waals surface area contributed by atoms with Crippen LogP contribution in [0.2, 0.25) is 0 Å². The quantitative estimate of drug-likeness (QED) is 0.689. The number of H-pyrrole nitrogens is 1. The molecule has 3 N–H and O–H groups in total. The molecule has 1 atom stereocenters. The molecular weight excluding hydrogens is 324 g/mol. The Morgan fingerprint density at radius 2 is 2.16 bits per heavy atom. The second kappa shape index (κ2) is 8.18. The van der Waals surface area contributed by atoms with Crippen molar-refractivity contribution in [1.82, 2.24) is 20.3 Å². The first kappa shape index (κ1) is 18.3. The molecule has 0 radical (unpaired) electrons. The summed E-state index contributed by atoms with van der Waals surface area (Å²) >= 11 is 0. The van der Waals surface area contributed by atoms with Gasteiger partial charge in [0.2, 0.25) is 5.91 Å². The van der Waals surface area contributed by atoms with Gasteiger partial charge >= 0.3 is 5.97 Å². The maximum Gasteiger partial charge on any atom is 0.326 e. The summed E-state index contributed by atoms with van der Waals surface area (Å²) in [4.78, 5) is 46.4. The van der Waals surface area contributed by atoms with Gasteiger partial charge < -0.3 is 15.4 Å². The van der Waals surface area contributed by atoms with E-state index >= 15 is 0 Å². The number of carbonyl (C=O) groups excluding carboxylic acids is 1. The summed E-state index contributed by atoms with van der Waals surface area (Å²) in [6.07, 6.45) is 3.91. The number of aromatic nitrogens is 3. The van der Waals surface area contributed by atoms with E-state index < -0.39 is 23.5 Å². The van der Waals surface area contributed by atoms with Crippen molar-refractivity contribution in [2.45, 2.75) is 39.2 Å². The predicted molar refractivity (Wildman–Crippen MR) is 91.0 cm³/mol. The minimum absolute atomic E-state index is 0.214. The first-order valence-corrected chi connectivity index (χ1v) is 7.94. The van der Waals surface area contributed by atoms with Crippen LogP contribution in [0, 0.1) is 6.92 Å². The normalized spacial score (nSPS) is 11.8. The lowest BCUT2D eigenvalue weighted by atomic mass is 10.1. The summed E-state index contributed by atoms with van der Waals surface area (Å²) in [6, 6.07) is 2.53. The van der Waals surface area contributed by atoms with Crippen molar-refractivity contribution in [3.63, 3.8) is 0 Å². The lowest BCUT2D eigenvalue weighted by molar-refractivity contribution is -0.141. The number of hydrogen-bond donors (Lipinski definition) is 3. The number of nitrogens with one attached hydrogen (secondary N) is 2. The van der Waals surface area contributed by atoms with E-state index in [0.29, 0.717) is 29.9 Å². The molecule has 0 aliphatic heterocycles. The fourth-order valence-electron chi connectivity index (χ4n) is 2.41. The highest BCUT2D eigenvalue weighted by Crippen LogP contribution is 2.12. The third-order valence-corrected chi connectivity index (χ3v) is 3.71. The fraction of sp³-hybridized carbons (Fsp3) is 0.353. The molecule has 0 fully saturated rings. The number of aryl methyl sites for hydroxylation is 1. The topological polar surface area (TPSA) is 125 Å². The molecule has 0 aliphatic carbocycles. The molecule has 1 amide bonds. The number of nitrogens with zero attached hydrogens (tertiary/aromatic N) is 2. The van der Waals surface area contributed by atoms with Gasteiger partial charge in [-0.05, 0) is 25.5 Å². The summed E-state index contributed by atoms with van der Waals surface area (Å²) in [5.74, 6) is -1.24. The second-order valence-corrected chi connectivity index (χ2v) is 5.64. The van der Waals surface area contributed by atoms with Crippen LogP contribution >= 0.6 is 0 Å². The molecule has 132 valence electrons. The number of hydrogen-bond acceptors (Lipinski definition) is 5. The summed E-state index contributed by atoms with van der Waals surface area (Å²) in [7, 11) is 0. The Morgan fingerprint density at radius 3 is 2.72 bits per heavy atom. The Morgan fingerprint density at radius 1 is 1.40 bits per heavy atom. The van der Waals surface area contributed by atoms with Crippen molar-refractivity contribution < 1.29 is 14.7 Å². The van der Waals surface area contributed by atoms with E-state index in [-0.39, 0.29) is 12.0 Å². The molecule has 0 spiro atoms. The Hall–Kier alpha value is -3.03. The van der Waals surface area contributed by atoms with Gasteiger partial charge in [0.05, 0.1) is 6.42 Å². The van der Waals surface area contributed by atoms with Crippen LogP contribution in [0.4, 0.5) is 0 Å². The number of carboxylic acids is 1. The minimum atomic E-state index is -1.09. The van der Waals surface area contributed by atoms with Gasteiger partial charge in [-0.25, -0.2) is 9.78 Å². The number of rotatable bonds is 7. The second-order valence-electron chi connectivity index (χ2n) is 5.64. The van der Waals surface area contributed by atoms with Crippen molar-refractivity contribution in [2.75, 3.05) is 0 Å². The molecule has 0 saturated heterocycles. The van der Waals surface area contributed by atoms with Crippen LogP contribution in [-0.4, -0.2) is 38.0 Å². The molecule has 8 nitrogen and oxygen atoms in total. The molecule has 2 rings (SSSR count). The number of carbonyl (C=O) groups is 2. The molecule has 0 aromatic carbocycles. The van der Waals surface area contributed by atoms with Crippen LogP contribution in [0.1, 0.15) is 31.0 Å². The van der Waals surface area contributed by atoms with Gasteiger partial charge in [0.25, 0.3) is 5.56 Å². The third-order valence-electron chi connectivity index (χ3n) is 3.71. The van der Waals surface area contributed by atoms with Crippen LogP contribution in [0.15, 0.2) is 29.3 Å². The van der Waals surface area contributed by atoms with Gasteiger partial charge in [0.1, 0.15) is 11.9 Å². The first-order chi connectivity index (χ1) is 11.9. The van der Waals surface area contributed by atoms with Crippen LogP contribution in [0.5, 0.6) is 0 Å². The maximum absolute atomic E-state index is 12.3. The molecule has 2 heterocycles. The highest BCUT2D eigenvalue weighted by atomic mass is 16.4. The largest absolute Gasteiger partial charge is 0.480 e. The van der Waals surface area contributed by atoms with E-state index in [1.54, 1.807) is 31.5 Å². The minimum Gasteiger partial charge on any atom is -0.480 e. The highest BCUT2D eigenvalue weighted by Gasteiger charge is 2.20. The van der Waals surface area contributed by atoms with Gasteiger partial charge in [-0.15, -0.1) is 0 Å². The lowest BCUT2D eigenvalue weighted by Crippen LogP contribution is -2.42. The Kier molecular flexibility index (Phi) is 5.99. The number of aliphatic carboxylic acids is 1. The molecule has 25 heavy (non-hydrogen) atoms. The van der Waals surface area contributed by atoms with Gasteiger partial charge in [-0.2, -0.15) is 0 Å². The SMILES string of the molecule is CCCC(NC(=O)Cc1c(C)nc(-c2cccnc2)[nH]c1=O)C(=O)O. The number of aromatic amines is 1. The molecule has 0 bridgehead atoms. The van der Waals surface area contributed by atoms with E-state index in [4.69, 9.17) is 5.11 Å². The molecule has 2 aromatic heterocycles. The van der Waals surface area contributed by atoms with E-state index in [1.807, 2.05) is 6.92 Å². The molecule has 8 heteroatoms. The van der Waals surface area contributed by atoms with Crippen LogP contribution in [0.25, 0.3) is 11.4 Å². The van der Waals surface area contributed by atoms with Crippen LogP contribution in [-0.2, 0) is 16.0 Å². The molecule has 1 unspecified atom stereocenters. The number of carboxylic acid groups (broad SMARTS) is 1. The highest BCUT2D eigenvalue weighted by molar-refractivity contribution is 5.84. The first-order valence-electron chi connectivity index (χ1n) is 7.94. The van der Waals surface area contributed by atoms with Gasteiger partial charge in [-0.1, -0.05) is 13.3 Å². The van der Waals surface area contributed by atoms with Gasteiger partial charge in [-0.3, -0.25) is 14.6 Å². The zero-order valence-electron chi connectivity index (χ0n) is 14.1. The standard InChI is InChI=1S/C17H20N4O4/c1-3-5-13(17(24)25)20-14(22)8-12-10(2)19-15(21-16(12)23)11-6-4-7-18-9-11/h4,6-7,9,13H,3,5,8H2,1-2H3,(H,20,22)(H,24,25)(H,19,21,23). The summed E-state index contributed by atoms with van der Waals surface area (Å²) < 4.78 is 0. The summed E-state index contributed by atoms with van der Waals surface area (Å²) in [5, 5.41) is 11.5. The Labute approximate surface area is 144 Å². The zero-order valence-corrected chi connectivity index (χ0v) is 14.1. The summed E-state index contributed by atoms with van der Waals surface area (Å²) in [6.45, 7) is 3.47. The fourth-order valence-corrected chi connectivity index (χ4v) is 2.41.